The first-order valence-corrected chi connectivity index (χ1v) is 11.4. The average molecular weight is 385 g/mol. The molecule has 0 heterocycles. The van der Waals surface area contributed by atoms with Crippen molar-refractivity contribution in [1.82, 2.24) is 0 Å². The van der Waals surface area contributed by atoms with Crippen molar-refractivity contribution < 1.29 is 14.6 Å². The summed E-state index contributed by atoms with van der Waals surface area (Å²) in [7, 11) is 4.30. The second-order valence-electron chi connectivity index (χ2n) is 8.26. The van der Waals surface area contributed by atoms with Crippen molar-refractivity contribution in [2.24, 2.45) is 29.6 Å². The number of aliphatic hydroxyl groups is 1. The Morgan fingerprint density at radius 2 is 2.12 bits per heavy atom. The lowest BCUT2D eigenvalue weighted by molar-refractivity contribution is -0.140. The van der Waals surface area contributed by atoms with Gasteiger partial charge < -0.3 is 9.84 Å². The molecule has 0 bridgehead atoms. The van der Waals surface area contributed by atoms with Gasteiger partial charge in [0.25, 0.3) is 0 Å². The summed E-state index contributed by atoms with van der Waals surface area (Å²) < 4.78 is 4.67. The second-order valence-corrected chi connectivity index (χ2v) is 8.84. The molecule has 0 aromatic rings. The zero-order valence-corrected chi connectivity index (χ0v) is 18.5. The maximum absolute atomic E-state index is 11.1. The van der Waals surface area contributed by atoms with E-state index < -0.39 is 0 Å². The van der Waals surface area contributed by atoms with Gasteiger partial charge >= 0.3 is 5.97 Å². The van der Waals surface area contributed by atoms with Crippen LogP contribution in [0.3, 0.4) is 0 Å². The molecule has 0 aromatic heterocycles. The zero-order valence-electron chi connectivity index (χ0n) is 17.3. The number of methoxy groups -OCH3 is 1. The van der Waals surface area contributed by atoms with Crippen LogP contribution in [-0.2, 0) is 9.53 Å². The Morgan fingerprint density at radius 1 is 1.38 bits per heavy atom. The molecule has 0 aliphatic heterocycles. The fourth-order valence-corrected chi connectivity index (χ4v) is 5.40. The first-order chi connectivity index (χ1) is 12.4. The number of carbonyl (C=O) groups is 1. The highest BCUT2D eigenvalue weighted by Gasteiger charge is 2.42. The molecular weight excluding hydrogens is 343 g/mol. The maximum Gasteiger partial charge on any atom is 0.305 e. The Hall–Kier alpha value is -0.400. The van der Waals surface area contributed by atoms with Crippen LogP contribution < -0.4 is 0 Å². The van der Waals surface area contributed by atoms with Crippen LogP contribution in [0.4, 0.5) is 0 Å². The largest absolute Gasteiger partial charge is 0.469 e. The van der Waals surface area contributed by atoms with Gasteiger partial charge in [0, 0.05) is 6.42 Å². The van der Waals surface area contributed by atoms with Gasteiger partial charge in [0.2, 0.25) is 0 Å². The van der Waals surface area contributed by atoms with E-state index in [0.29, 0.717) is 30.1 Å². The predicted molar refractivity (Wildman–Crippen MR) is 113 cm³/mol. The molecule has 0 radical (unpaired) electrons. The molecule has 7 atom stereocenters. The van der Waals surface area contributed by atoms with Crippen LogP contribution in [0.25, 0.3) is 0 Å². The first kappa shape index (κ1) is 23.6. The van der Waals surface area contributed by atoms with Crippen molar-refractivity contribution in [3.63, 3.8) is 0 Å². The van der Waals surface area contributed by atoms with E-state index >= 15 is 0 Å². The fourth-order valence-electron chi connectivity index (χ4n) is 4.93. The summed E-state index contributed by atoms with van der Waals surface area (Å²) in [5.41, 5.74) is 0. The standard InChI is InChI=1S/C22H41O3P/c1-5-18(12-13-26)14-16(2)22-17(3)15-20(23)19(22)10-8-6-7-9-11-21(24)25-4/h6,8,16-20,22-23H,5,7,9-15,26H2,1-4H3. The lowest BCUT2D eigenvalue weighted by Crippen LogP contribution is -2.26. The average Bonchev–Trinajstić information content (AvgIpc) is 2.90. The quantitative estimate of drug-likeness (QED) is 0.217. The molecule has 1 fully saturated rings. The molecular formula is C22H41O3P. The number of allylic oxidation sites excluding steroid dienone is 2. The minimum absolute atomic E-state index is 0.136. The summed E-state index contributed by atoms with van der Waals surface area (Å²) in [4.78, 5) is 11.1. The molecule has 7 unspecified atom stereocenters. The minimum Gasteiger partial charge on any atom is -0.469 e. The van der Waals surface area contributed by atoms with E-state index in [-0.39, 0.29) is 12.1 Å². The second kappa shape index (κ2) is 12.9. The van der Waals surface area contributed by atoms with Crippen LogP contribution >= 0.6 is 9.24 Å². The minimum atomic E-state index is -0.168. The number of unbranched alkanes of at least 4 members (excludes halogenated alkanes) is 1. The third-order valence-electron chi connectivity index (χ3n) is 6.33. The molecule has 0 aromatic carbocycles. The molecule has 26 heavy (non-hydrogen) atoms. The van der Waals surface area contributed by atoms with E-state index in [4.69, 9.17) is 0 Å². The Labute approximate surface area is 163 Å². The van der Waals surface area contributed by atoms with Crippen molar-refractivity contribution in [2.45, 2.75) is 78.2 Å². The molecule has 0 saturated heterocycles. The Bertz CT molecular complexity index is 424. The SMILES string of the molecule is CCC(CCP)CC(C)C1C(C)CC(O)C1CC=CCCCC(=O)OC. The number of hydrogen-bond acceptors (Lipinski definition) is 3. The third kappa shape index (κ3) is 7.69. The highest BCUT2D eigenvalue weighted by molar-refractivity contribution is 7.16. The molecule has 0 amide bonds. The Morgan fingerprint density at radius 3 is 2.73 bits per heavy atom. The van der Waals surface area contributed by atoms with E-state index in [1.807, 2.05) is 0 Å². The van der Waals surface area contributed by atoms with Crippen molar-refractivity contribution in [2.75, 3.05) is 13.3 Å². The summed E-state index contributed by atoms with van der Waals surface area (Å²) in [5, 5.41) is 10.6. The van der Waals surface area contributed by atoms with Gasteiger partial charge in [-0.3, -0.25) is 4.79 Å². The molecule has 0 spiro atoms. The molecule has 1 aliphatic rings. The summed E-state index contributed by atoms with van der Waals surface area (Å²) in [5.74, 6) is 2.94. The van der Waals surface area contributed by atoms with Crippen LogP contribution in [0.1, 0.15) is 72.1 Å². The van der Waals surface area contributed by atoms with Crippen LogP contribution in [0.15, 0.2) is 12.2 Å². The van der Waals surface area contributed by atoms with Gasteiger partial charge in [-0.2, -0.15) is 0 Å². The maximum atomic E-state index is 11.1. The number of hydrogen-bond donors (Lipinski definition) is 1. The van der Waals surface area contributed by atoms with E-state index in [1.54, 1.807) is 0 Å². The summed E-state index contributed by atoms with van der Waals surface area (Å²) in [6, 6.07) is 0. The number of aliphatic hydroxyl groups excluding tert-OH is 1. The van der Waals surface area contributed by atoms with Gasteiger partial charge in [0.1, 0.15) is 0 Å². The van der Waals surface area contributed by atoms with Crippen LogP contribution in [-0.4, -0.2) is 30.5 Å². The summed E-state index contributed by atoms with van der Waals surface area (Å²) in [6.45, 7) is 7.03. The molecule has 1 rings (SSSR count). The van der Waals surface area contributed by atoms with Crippen LogP contribution in [0.2, 0.25) is 0 Å². The fraction of sp³-hybridized carbons (Fsp3) is 0.864. The van der Waals surface area contributed by atoms with Crippen molar-refractivity contribution in [3.8, 4) is 0 Å². The lowest BCUT2D eigenvalue weighted by Gasteiger charge is -2.31. The topological polar surface area (TPSA) is 46.5 Å². The molecule has 1 N–H and O–H groups in total. The van der Waals surface area contributed by atoms with Crippen LogP contribution in [0, 0.1) is 29.6 Å². The van der Waals surface area contributed by atoms with Crippen LogP contribution in [0.5, 0.6) is 0 Å². The van der Waals surface area contributed by atoms with Gasteiger partial charge in [-0.05, 0) is 74.3 Å². The van der Waals surface area contributed by atoms with Crippen molar-refractivity contribution >= 4 is 15.2 Å². The molecule has 152 valence electrons. The number of rotatable bonds is 12. The third-order valence-corrected chi connectivity index (χ3v) is 6.66. The highest BCUT2D eigenvalue weighted by atomic mass is 31.0. The van der Waals surface area contributed by atoms with Gasteiger partial charge in [-0.15, -0.1) is 9.24 Å². The lowest BCUT2D eigenvalue weighted by atomic mass is 9.74. The van der Waals surface area contributed by atoms with E-state index in [9.17, 15) is 9.90 Å². The normalized spacial score (nSPS) is 28.4. The molecule has 4 heteroatoms. The highest BCUT2D eigenvalue weighted by Crippen LogP contribution is 2.45. The number of carbonyl (C=O) groups excluding carboxylic acids is 1. The monoisotopic (exact) mass is 384 g/mol. The first-order valence-electron chi connectivity index (χ1n) is 10.5. The van der Waals surface area contributed by atoms with E-state index in [2.05, 4.69) is 46.9 Å². The van der Waals surface area contributed by atoms with Gasteiger partial charge in [-0.25, -0.2) is 0 Å². The molecule has 3 nitrogen and oxygen atoms in total. The Balaban J connectivity index is 2.54. The van der Waals surface area contributed by atoms with Crippen molar-refractivity contribution in [1.29, 1.82) is 0 Å². The summed E-state index contributed by atoms with van der Waals surface area (Å²) >= 11 is 0. The van der Waals surface area contributed by atoms with Gasteiger partial charge in [0.05, 0.1) is 13.2 Å². The Kier molecular flexibility index (Phi) is 11.7. The van der Waals surface area contributed by atoms with E-state index in [1.165, 1.54) is 32.5 Å². The zero-order chi connectivity index (χ0) is 19.5. The molecule has 1 aliphatic carbocycles. The smallest absolute Gasteiger partial charge is 0.305 e. The summed E-state index contributed by atoms with van der Waals surface area (Å²) in [6.07, 6.45) is 13.4. The van der Waals surface area contributed by atoms with Gasteiger partial charge in [0.15, 0.2) is 0 Å². The predicted octanol–water partition coefficient (Wildman–Crippen LogP) is 5.23. The van der Waals surface area contributed by atoms with Gasteiger partial charge in [-0.1, -0.05) is 39.3 Å². The van der Waals surface area contributed by atoms with E-state index in [0.717, 1.165) is 31.6 Å². The number of ether oxygens (including phenoxy) is 1. The molecule has 1 saturated carbocycles. The van der Waals surface area contributed by atoms with Crippen molar-refractivity contribution in [3.05, 3.63) is 12.2 Å². The number of esters is 1.